The molecule has 0 radical (unpaired) electrons. The van der Waals surface area contributed by atoms with Gasteiger partial charge in [-0.05, 0) is 18.2 Å². The van der Waals surface area contributed by atoms with E-state index in [-0.39, 0.29) is 0 Å². The molecule has 0 spiro atoms. The molecule has 2 rings (SSSR count). The Kier molecular flexibility index (Phi) is 3.66. The van der Waals surface area contributed by atoms with Crippen molar-refractivity contribution < 1.29 is 4.84 Å². The van der Waals surface area contributed by atoms with Crippen LogP contribution >= 0.6 is 23.2 Å². The average Bonchev–Trinajstić information content (AvgIpc) is 2.24. The number of nitrogens with one attached hydrogen (secondary N) is 2. The van der Waals surface area contributed by atoms with Crippen LogP contribution in [0.5, 0.6) is 5.75 Å². The van der Waals surface area contributed by atoms with Gasteiger partial charge in [-0.15, -0.1) is 5.06 Å². The molecule has 0 saturated carbocycles. The summed E-state index contributed by atoms with van der Waals surface area (Å²) in [6, 6.07) is 5.15. The SMILES string of the molecule is Clc1ccc(ON2CNCNC2)c(Cl)c1. The van der Waals surface area contributed by atoms with Crippen molar-refractivity contribution in [1.29, 1.82) is 0 Å². The molecule has 2 N–H and O–H groups in total. The zero-order valence-corrected chi connectivity index (χ0v) is 9.48. The molecule has 0 aliphatic carbocycles. The largest absolute Gasteiger partial charge is 0.402 e. The Balaban J connectivity index is 2.03. The lowest BCUT2D eigenvalue weighted by atomic mass is 10.3. The van der Waals surface area contributed by atoms with Crippen molar-refractivity contribution in [3.05, 3.63) is 28.2 Å². The molecular weight excluding hydrogens is 237 g/mol. The van der Waals surface area contributed by atoms with Crippen molar-refractivity contribution in [2.75, 3.05) is 20.0 Å². The first-order chi connectivity index (χ1) is 7.25. The number of hydrogen-bond donors (Lipinski definition) is 2. The van der Waals surface area contributed by atoms with E-state index in [2.05, 4.69) is 10.6 Å². The molecule has 1 aromatic carbocycles. The molecule has 1 saturated heterocycles. The highest BCUT2D eigenvalue weighted by atomic mass is 35.5. The molecule has 6 heteroatoms. The molecule has 1 aromatic rings. The topological polar surface area (TPSA) is 36.5 Å². The molecule has 0 amide bonds. The summed E-state index contributed by atoms with van der Waals surface area (Å²) in [5.41, 5.74) is 0. The Hall–Kier alpha value is -0.520. The van der Waals surface area contributed by atoms with E-state index >= 15 is 0 Å². The van der Waals surface area contributed by atoms with Crippen LogP contribution in [0.4, 0.5) is 0 Å². The van der Waals surface area contributed by atoms with Crippen LogP contribution in [0.25, 0.3) is 0 Å². The molecule has 0 atom stereocenters. The standard InChI is InChI=1S/C9H11Cl2N3O/c10-7-1-2-9(8(11)3-7)15-14-5-12-4-13-6-14/h1-3,12-13H,4-6H2. The summed E-state index contributed by atoms with van der Waals surface area (Å²) >= 11 is 11.8. The minimum atomic E-state index is 0.507. The third-order valence-corrected chi connectivity index (χ3v) is 2.48. The molecule has 0 unspecified atom stereocenters. The van der Waals surface area contributed by atoms with Crippen LogP contribution in [0.3, 0.4) is 0 Å². The van der Waals surface area contributed by atoms with Crippen LogP contribution in [-0.2, 0) is 0 Å². The molecule has 4 nitrogen and oxygen atoms in total. The number of hydroxylamine groups is 2. The van der Waals surface area contributed by atoms with E-state index in [4.69, 9.17) is 28.0 Å². The summed E-state index contributed by atoms with van der Waals surface area (Å²) < 4.78 is 0. The first kappa shape index (κ1) is 11.0. The van der Waals surface area contributed by atoms with E-state index in [1.807, 2.05) is 0 Å². The number of nitrogens with zero attached hydrogens (tertiary/aromatic N) is 1. The van der Waals surface area contributed by atoms with Gasteiger partial charge in [-0.1, -0.05) is 23.2 Å². The predicted molar refractivity (Wildman–Crippen MR) is 59.8 cm³/mol. The molecule has 1 fully saturated rings. The van der Waals surface area contributed by atoms with Crippen molar-refractivity contribution in [2.45, 2.75) is 0 Å². The fourth-order valence-corrected chi connectivity index (χ4v) is 1.70. The van der Waals surface area contributed by atoms with Crippen molar-refractivity contribution in [3.63, 3.8) is 0 Å². The second-order valence-electron chi connectivity index (χ2n) is 3.14. The van der Waals surface area contributed by atoms with Gasteiger partial charge in [0, 0.05) is 11.7 Å². The normalized spacial score (nSPS) is 17.7. The first-order valence-corrected chi connectivity index (χ1v) is 5.31. The van der Waals surface area contributed by atoms with Crippen molar-refractivity contribution in [2.24, 2.45) is 0 Å². The van der Waals surface area contributed by atoms with Gasteiger partial charge in [0.1, 0.15) is 0 Å². The summed E-state index contributed by atoms with van der Waals surface area (Å²) in [6.07, 6.45) is 0. The average molecular weight is 248 g/mol. The van der Waals surface area contributed by atoms with Crippen LogP contribution in [0.2, 0.25) is 10.0 Å². The third-order valence-electron chi connectivity index (χ3n) is 1.95. The second kappa shape index (κ2) is 5.01. The van der Waals surface area contributed by atoms with E-state index in [1.54, 1.807) is 23.3 Å². The van der Waals surface area contributed by atoms with E-state index in [1.165, 1.54) is 0 Å². The minimum Gasteiger partial charge on any atom is -0.402 e. The maximum absolute atomic E-state index is 5.97. The lowest BCUT2D eigenvalue weighted by Crippen LogP contribution is -2.51. The highest BCUT2D eigenvalue weighted by Crippen LogP contribution is 2.27. The van der Waals surface area contributed by atoms with Crippen molar-refractivity contribution in [1.82, 2.24) is 15.7 Å². The smallest absolute Gasteiger partial charge is 0.166 e. The molecule has 15 heavy (non-hydrogen) atoms. The summed E-state index contributed by atoms with van der Waals surface area (Å²) in [7, 11) is 0. The van der Waals surface area contributed by atoms with Gasteiger partial charge in [-0.3, -0.25) is 10.6 Å². The summed E-state index contributed by atoms with van der Waals surface area (Å²) in [6.45, 7) is 2.10. The zero-order chi connectivity index (χ0) is 10.7. The first-order valence-electron chi connectivity index (χ1n) is 4.55. The van der Waals surface area contributed by atoms with Crippen LogP contribution < -0.4 is 15.5 Å². The Bertz CT molecular complexity index is 342. The second-order valence-corrected chi connectivity index (χ2v) is 3.98. The third kappa shape index (κ3) is 2.96. The Morgan fingerprint density at radius 2 is 1.93 bits per heavy atom. The Morgan fingerprint density at radius 3 is 2.60 bits per heavy atom. The minimum absolute atomic E-state index is 0.507. The monoisotopic (exact) mass is 247 g/mol. The summed E-state index contributed by atoms with van der Waals surface area (Å²) in [5.74, 6) is 0.603. The number of benzene rings is 1. The molecule has 82 valence electrons. The maximum atomic E-state index is 5.97. The van der Waals surface area contributed by atoms with Crippen molar-refractivity contribution in [3.8, 4) is 5.75 Å². The number of halogens is 2. The van der Waals surface area contributed by atoms with Gasteiger partial charge in [0.15, 0.2) is 5.75 Å². The molecule has 1 aliphatic heterocycles. The molecule has 0 aromatic heterocycles. The Labute approximate surface area is 98.1 Å². The van der Waals surface area contributed by atoms with E-state index in [9.17, 15) is 0 Å². The number of rotatable bonds is 2. The zero-order valence-electron chi connectivity index (χ0n) is 7.96. The van der Waals surface area contributed by atoms with E-state index in [0.29, 0.717) is 29.1 Å². The van der Waals surface area contributed by atoms with E-state index < -0.39 is 0 Å². The summed E-state index contributed by atoms with van der Waals surface area (Å²) in [5, 5.41) is 9.05. The fourth-order valence-electron chi connectivity index (χ4n) is 1.26. The Morgan fingerprint density at radius 1 is 1.20 bits per heavy atom. The highest BCUT2D eigenvalue weighted by Gasteiger charge is 2.12. The van der Waals surface area contributed by atoms with Crippen molar-refractivity contribution >= 4 is 23.2 Å². The fraction of sp³-hybridized carbons (Fsp3) is 0.333. The van der Waals surface area contributed by atoms with Gasteiger partial charge >= 0.3 is 0 Å². The van der Waals surface area contributed by atoms with Gasteiger partial charge in [0.2, 0.25) is 0 Å². The van der Waals surface area contributed by atoms with Crippen LogP contribution in [0.15, 0.2) is 18.2 Å². The van der Waals surface area contributed by atoms with Gasteiger partial charge in [0.05, 0.1) is 18.4 Å². The maximum Gasteiger partial charge on any atom is 0.166 e. The lowest BCUT2D eigenvalue weighted by molar-refractivity contribution is -0.0856. The molecule has 1 aliphatic rings. The van der Waals surface area contributed by atoms with E-state index in [0.717, 1.165) is 6.67 Å². The molecule has 0 bridgehead atoms. The lowest BCUT2D eigenvalue weighted by Gasteiger charge is -2.27. The highest BCUT2D eigenvalue weighted by molar-refractivity contribution is 6.35. The van der Waals surface area contributed by atoms with Crippen LogP contribution in [-0.4, -0.2) is 25.1 Å². The van der Waals surface area contributed by atoms with Gasteiger partial charge < -0.3 is 4.84 Å². The number of hydrogen-bond acceptors (Lipinski definition) is 4. The predicted octanol–water partition coefficient (Wildman–Crippen LogP) is 1.65. The quantitative estimate of drug-likeness (QED) is 0.834. The van der Waals surface area contributed by atoms with Gasteiger partial charge in [-0.25, -0.2) is 0 Å². The van der Waals surface area contributed by atoms with Crippen LogP contribution in [0.1, 0.15) is 0 Å². The molecular formula is C9H11Cl2N3O. The van der Waals surface area contributed by atoms with Gasteiger partial charge in [0.25, 0.3) is 0 Å². The van der Waals surface area contributed by atoms with Gasteiger partial charge in [-0.2, -0.15) is 0 Å². The van der Waals surface area contributed by atoms with Crippen LogP contribution in [0, 0.1) is 0 Å². The molecule has 1 heterocycles. The summed E-state index contributed by atoms with van der Waals surface area (Å²) in [4.78, 5) is 5.56.